The SMILES string of the molecule is COc1cc(C)c(S(=O)(=O)NC(CC(=O)NCCCC(=O)NCCOCCOCCOCCOC2C(COS(=O)(=O)O)OC(OC3C(C(=O)O)OC(OC4C(COS(=O)(=O)O)OC(OC5C(C(=O)O)OC(OC6C(COS(=O)(=O)O)OC(OC)C(OS(=O)(=O)O)C6OC)C(OC)C5OC)C(OS(=O)(=O)O)C4OS(=O)(=O)O)C(OC)C3OC)C(OC)C2OC)C(=O)NC(Cc2ccc(C(=N)N)cc2)C(=O)N2CCCCC2)c(C)c1C. The van der Waals surface area contributed by atoms with Crippen molar-refractivity contribution in [2.75, 3.05) is 156 Å². The fourth-order valence-electron chi connectivity index (χ4n) is 17.0. The standard InChI is InChI=1S/C79H125N7O56S7/c1-39-33-46(115-4)40(2)41(3)69(39)143(95,96)85-44(71(89)84-45(72(90)86-24-14-13-15-25-86)34-42-18-20-43(21-19-42)70(80)81)35-51(88)82-22-16-17-50(87)83-23-26-124-27-28-125-29-30-126-31-32-127-52-47(36-128-144(97,98)99)132-76(64(120-9)55(52)116-5)136-59-57(118-7)66(122-11)78(139-62(59)73(91)92)135-54-49(38-130-146(103,104)105)133-79(68(142-149(112,113)114)61(54)140-147(106,107)108)137-60-58(119-8)65(121-10)77(138-63(60)74(93)94)134-53-48(37-129-145(100,101)102)131-75(123-12)67(56(53)117-6)141-148(109,110)111/h18-21,33,44-45,47-49,52-68,75-79,85H,13-17,22-32,34-38H2,1-12H3,(H3,80,81)(H,82,88)(H,83,87)(H,84,89)(H,91,92)(H,93,94)(H,97,98,99)(H,100,101,102)(H,103,104,105)(H,106,107,108)(H,109,110,111)(H,112,113,114). The van der Waals surface area contributed by atoms with Crippen LogP contribution in [0.4, 0.5) is 0 Å². The minimum absolute atomic E-state index is 0.0254. The average Bonchev–Trinajstić information content (AvgIpc) is 0.743. The number of methoxy groups -OCH3 is 9. The number of rotatable bonds is 62. The Morgan fingerprint density at radius 2 is 0.839 bits per heavy atom. The first-order valence-corrected chi connectivity index (χ1v) is 54.5. The number of likely N-dealkylation sites (tertiary alicyclic amines) is 1. The zero-order chi connectivity index (χ0) is 111. The molecule has 27 unspecified atom stereocenters. The number of carboxylic acids is 2. The highest BCUT2D eigenvalue weighted by Gasteiger charge is 2.63. The van der Waals surface area contributed by atoms with Crippen molar-refractivity contribution in [1.82, 2.24) is 25.6 Å². The molecule has 0 aliphatic carbocycles. The number of hydrogen-bond donors (Lipinski definition) is 14. The third kappa shape index (κ3) is 37.8. The molecule has 0 spiro atoms. The van der Waals surface area contributed by atoms with E-state index in [1.54, 1.807) is 49.9 Å². The molecule has 0 saturated carbocycles. The smallest absolute Gasteiger partial charge is 0.397 e. The second-order valence-corrected chi connectivity index (χ2v) is 41.5. The molecular weight excluding hydrogens is 2170 g/mol. The van der Waals surface area contributed by atoms with Gasteiger partial charge < -0.3 is 141 Å². The number of carbonyl (C=O) groups excluding carboxylic acids is 4. The van der Waals surface area contributed by atoms with Crippen LogP contribution in [0.15, 0.2) is 35.2 Å². The topological polar surface area (TPSA) is 863 Å². The van der Waals surface area contributed by atoms with Gasteiger partial charge in [0.05, 0.1) is 84.5 Å². The Morgan fingerprint density at radius 3 is 1.28 bits per heavy atom. The molecule has 0 aromatic heterocycles. The van der Waals surface area contributed by atoms with E-state index in [1.807, 2.05) is 0 Å². The molecule has 4 amide bonds. The van der Waals surface area contributed by atoms with Gasteiger partial charge in [0.1, 0.15) is 121 Å². The van der Waals surface area contributed by atoms with Crippen molar-refractivity contribution >= 4 is 114 Å². The van der Waals surface area contributed by atoms with E-state index in [0.717, 1.165) is 76.1 Å². The summed E-state index contributed by atoms with van der Waals surface area (Å²) in [4.78, 5) is 83.8. The number of aliphatic carboxylic acids is 2. The van der Waals surface area contributed by atoms with Crippen molar-refractivity contribution in [3.8, 4) is 5.75 Å². The van der Waals surface area contributed by atoms with E-state index in [1.165, 1.54) is 13.2 Å². The van der Waals surface area contributed by atoms with Crippen LogP contribution >= 0.6 is 0 Å². The lowest BCUT2D eigenvalue weighted by Crippen LogP contribution is -2.70. The lowest BCUT2D eigenvalue weighted by molar-refractivity contribution is -0.389. The maximum Gasteiger partial charge on any atom is 0.397 e. The number of nitrogens with zero attached hydrogens (tertiary/aromatic N) is 1. The van der Waals surface area contributed by atoms with Crippen LogP contribution in [0.25, 0.3) is 0 Å². The lowest BCUT2D eigenvalue weighted by atomic mass is 9.94. The summed E-state index contributed by atoms with van der Waals surface area (Å²) < 4.78 is 395. The molecule has 0 radical (unpaired) electrons. The van der Waals surface area contributed by atoms with Gasteiger partial charge in [-0.25, -0.2) is 43.1 Å². The van der Waals surface area contributed by atoms with Crippen molar-refractivity contribution < 1.29 is 255 Å². The molecule has 149 heavy (non-hydrogen) atoms. The average molecular weight is 2290 g/mol. The molecule has 6 heterocycles. The largest absolute Gasteiger partial charge is 0.496 e. The highest BCUT2D eigenvalue weighted by Crippen LogP contribution is 2.43. The molecule has 2 aromatic rings. The number of hydrogen-bond acceptors (Lipinski definition) is 49. The van der Waals surface area contributed by atoms with Gasteiger partial charge in [-0.15, -0.1) is 0 Å². The molecule has 6 fully saturated rings. The number of nitrogens with two attached hydrogens (primary N) is 1. The molecular formula is C79H125N7O56S7. The second kappa shape index (κ2) is 57.5. The summed E-state index contributed by atoms with van der Waals surface area (Å²) in [6, 6.07) is 5.02. The third-order valence-electron chi connectivity index (χ3n) is 23.6. The molecule has 70 heteroatoms. The Bertz CT molecular complexity index is 5590. The van der Waals surface area contributed by atoms with Gasteiger partial charge >= 0.3 is 74.3 Å². The van der Waals surface area contributed by atoms with Crippen molar-refractivity contribution in [1.29, 1.82) is 5.41 Å². The Balaban J connectivity index is 0.876. The van der Waals surface area contributed by atoms with E-state index < -0.39 is 300 Å². The van der Waals surface area contributed by atoms with E-state index in [9.17, 15) is 125 Å². The predicted molar refractivity (Wildman–Crippen MR) is 489 cm³/mol. The Hall–Kier alpha value is -7.18. The number of piperidine rings is 1. The van der Waals surface area contributed by atoms with Crippen LogP contribution in [-0.4, -0.2) is 465 Å². The highest BCUT2D eigenvalue weighted by molar-refractivity contribution is 7.89. The summed E-state index contributed by atoms with van der Waals surface area (Å²) >= 11 is 0. The summed E-state index contributed by atoms with van der Waals surface area (Å²) in [5, 5.41) is 37.7. The summed E-state index contributed by atoms with van der Waals surface area (Å²) in [5.74, 6) is -6.57. The van der Waals surface area contributed by atoms with Crippen molar-refractivity contribution in [3.63, 3.8) is 0 Å². The molecule has 854 valence electrons. The van der Waals surface area contributed by atoms with Crippen molar-refractivity contribution in [2.24, 2.45) is 5.73 Å². The number of aryl methyl sites for hydroxylation is 1. The molecule has 0 bridgehead atoms. The van der Waals surface area contributed by atoms with Crippen LogP contribution in [0.2, 0.25) is 0 Å². The molecule has 2 aromatic carbocycles. The van der Waals surface area contributed by atoms with Gasteiger partial charge in [-0.05, 0) is 74.8 Å². The van der Waals surface area contributed by atoms with E-state index in [-0.39, 0.29) is 94.9 Å². The number of benzene rings is 2. The van der Waals surface area contributed by atoms with Crippen LogP contribution in [0, 0.1) is 26.2 Å². The van der Waals surface area contributed by atoms with Crippen LogP contribution < -0.4 is 31.1 Å². The number of amidine groups is 1. The summed E-state index contributed by atoms with van der Waals surface area (Å²) in [5.41, 5.74) is 7.78. The number of nitrogen functional groups attached to an aromatic ring is 1. The van der Waals surface area contributed by atoms with E-state index in [0.29, 0.717) is 41.1 Å². The maximum atomic E-state index is 14.5. The quantitative estimate of drug-likeness (QED) is 0.0127. The van der Waals surface area contributed by atoms with Gasteiger partial charge in [-0.3, -0.25) is 51.9 Å². The molecule has 6 saturated heterocycles. The van der Waals surface area contributed by atoms with Gasteiger partial charge in [-0.2, -0.15) is 55.2 Å². The number of ether oxygens (including phenoxy) is 22. The van der Waals surface area contributed by atoms with Gasteiger partial charge in [-0.1, -0.05) is 24.3 Å². The zero-order valence-corrected chi connectivity index (χ0v) is 87.6. The molecule has 15 N–H and O–H groups in total. The Labute approximate surface area is 856 Å². The fraction of sp³-hybridized carbons (Fsp3) is 0.759. The maximum absolute atomic E-state index is 14.5. The van der Waals surface area contributed by atoms with Crippen LogP contribution in [-0.2, 0) is 232 Å². The number of sulfonamides is 1. The van der Waals surface area contributed by atoms with Crippen molar-refractivity contribution in [3.05, 3.63) is 58.1 Å². The van der Waals surface area contributed by atoms with E-state index in [2.05, 4.69) is 33.2 Å². The number of nitrogens with one attached hydrogen (secondary N) is 5. The highest BCUT2D eigenvalue weighted by atomic mass is 32.3. The van der Waals surface area contributed by atoms with Gasteiger partial charge in [0.25, 0.3) is 0 Å². The minimum Gasteiger partial charge on any atom is -0.496 e. The van der Waals surface area contributed by atoms with E-state index in [4.69, 9.17) is 128 Å². The third-order valence-corrected chi connectivity index (χ3v) is 28.1. The van der Waals surface area contributed by atoms with Crippen molar-refractivity contribution in [2.45, 2.75) is 236 Å². The van der Waals surface area contributed by atoms with E-state index >= 15 is 0 Å². The summed E-state index contributed by atoms with van der Waals surface area (Å²) in [7, 11) is -30.3. The lowest BCUT2D eigenvalue weighted by Gasteiger charge is -2.51. The minimum atomic E-state index is -6.22. The fourth-order valence-corrected chi connectivity index (χ4v) is 21.1. The molecule has 8 rings (SSSR count). The molecule has 27 atom stereocenters. The first-order valence-electron chi connectivity index (χ1n) is 44.8. The number of carbonyl (C=O) groups is 6. The zero-order valence-electron chi connectivity index (χ0n) is 81.9. The summed E-state index contributed by atoms with van der Waals surface area (Å²) in [6.07, 6.45) is -54.8. The normalized spacial score (nSPS) is 29.0. The van der Waals surface area contributed by atoms with Crippen LogP contribution in [0.3, 0.4) is 0 Å². The Morgan fingerprint density at radius 1 is 0.443 bits per heavy atom. The van der Waals surface area contributed by atoms with Gasteiger partial charge in [0, 0.05) is 101 Å². The Kier molecular flexibility index (Phi) is 49.0. The number of carboxylic acid groups (broad SMARTS) is 2. The molecule has 6 aliphatic heterocycles. The summed E-state index contributed by atoms with van der Waals surface area (Å²) in [6.45, 7) is 0.791. The van der Waals surface area contributed by atoms with Gasteiger partial charge in [0.15, 0.2) is 55.9 Å². The molecule has 6 aliphatic rings. The van der Waals surface area contributed by atoms with Gasteiger partial charge in [0.2, 0.25) is 33.7 Å². The van der Waals surface area contributed by atoms with Crippen LogP contribution in [0.1, 0.15) is 66.3 Å². The predicted octanol–water partition coefficient (Wildman–Crippen LogP) is -5.76. The van der Waals surface area contributed by atoms with Crippen LogP contribution in [0.5, 0.6) is 5.75 Å². The molecule has 63 nitrogen and oxygen atoms in total. The number of amides is 4. The monoisotopic (exact) mass is 2290 g/mol. The second-order valence-electron chi connectivity index (χ2n) is 33.4. The first kappa shape index (κ1) is 127. The first-order chi connectivity index (χ1) is 69.9.